The van der Waals surface area contributed by atoms with Crippen LogP contribution in [-0.2, 0) is 14.6 Å². The molecule has 1 aliphatic heterocycles. The second-order valence-electron chi connectivity index (χ2n) is 2.61. The molecule has 0 aromatic carbocycles. The van der Waals surface area contributed by atoms with Gasteiger partial charge < -0.3 is 5.11 Å². The first kappa shape index (κ1) is 9.73. The van der Waals surface area contributed by atoms with E-state index in [-0.39, 0.29) is 21.9 Å². The Hall–Kier alpha value is -0.360. The summed E-state index contributed by atoms with van der Waals surface area (Å²) in [5, 5.41) is 8.39. The fourth-order valence-electron chi connectivity index (χ4n) is 1.04. The van der Waals surface area contributed by atoms with Crippen molar-refractivity contribution in [2.24, 2.45) is 5.92 Å². The van der Waals surface area contributed by atoms with Crippen molar-refractivity contribution >= 4 is 31.7 Å². The molecule has 1 heterocycles. The van der Waals surface area contributed by atoms with Gasteiger partial charge in [-0.3, -0.25) is 4.79 Å². The van der Waals surface area contributed by atoms with E-state index in [4.69, 9.17) is 5.11 Å². The molecule has 1 N–H and O–H groups in total. The second kappa shape index (κ2) is 3.18. The molecule has 4 nitrogen and oxygen atoms in total. The molecule has 0 fully saturated rings. The van der Waals surface area contributed by atoms with Gasteiger partial charge >= 0.3 is 5.97 Å². The normalized spacial score (nSPS) is 26.8. The summed E-state index contributed by atoms with van der Waals surface area (Å²) in [6, 6.07) is 0. The lowest BCUT2D eigenvalue weighted by molar-refractivity contribution is -0.137. The molecular weight excluding hydrogens is 248 g/mol. The van der Waals surface area contributed by atoms with Crippen molar-refractivity contribution in [1.29, 1.82) is 0 Å². The molecule has 1 atom stereocenters. The molecule has 0 aromatic heterocycles. The van der Waals surface area contributed by atoms with Crippen LogP contribution in [0.3, 0.4) is 0 Å². The van der Waals surface area contributed by atoms with Crippen molar-refractivity contribution in [3.05, 3.63) is 9.89 Å². The third-order valence-corrected chi connectivity index (χ3v) is 4.88. The lowest BCUT2D eigenvalue weighted by Gasteiger charge is -1.99. The molecule has 0 spiro atoms. The van der Waals surface area contributed by atoms with Crippen LogP contribution in [0.25, 0.3) is 0 Å². The molecule has 0 aromatic rings. The molecular formula is C6H7BrO4S. The summed E-state index contributed by atoms with van der Waals surface area (Å²) in [4.78, 5) is 10.2. The summed E-state index contributed by atoms with van der Waals surface area (Å²) in [5.41, 5.74) is 0. The molecule has 12 heavy (non-hydrogen) atoms. The van der Waals surface area contributed by atoms with Crippen molar-refractivity contribution in [3.63, 3.8) is 0 Å². The predicted octanol–water partition coefficient (Wildman–Crippen LogP) is 0.742. The van der Waals surface area contributed by atoms with E-state index in [9.17, 15) is 13.2 Å². The SMILES string of the molecule is O=C(O)CC1C=C(Br)S(=O)(=O)C1. The standard InChI is InChI=1S/C6H7BrO4S/c7-5-1-4(2-6(8)9)3-12(5,10)11/h1,4H,2-3H2,(H,8,9). The first-order valence-electron chi connectivity index (χ1n) is 3.23. The van der Waals surface area contributed by atoms with Crippen LogP contribution in [0.2, 0.25) is 0 Å². The number of rotatable bonds is 2. The summed E-state index contributed by atoms with van der Waals surface area (Å²) in [6.45, 7) is 0. The highest BCUT2D eigenvalue weighted by molar-refractivity contribution is 9.13. The minimum atomic E-state index is -3.21. The van der Waals surface area contributed by atoms with Gasteiger partial charge in [-0.25, -0.2) is 8.42 Å². The maximum Gasteiger partial charge on any atom is 0.303 e. The van der Waals surface area contributed by atoms with Gasteiger partial charge in [-0.15, -0.1) is 0 Å². The largest absolute Gasteiger partial charge is 0.481 e. The molecule has 1 aliphatic rings. The quantitative estimate of drug-likeness (QED) is 0.790. The molecule has 0 saturated heterocycles. The Morgan fingerprint density at radius 1 is 1.75 bits per heavy atom. The number of aliphatic carboxylic acids is 1. The molecule has 0 bridgehead atoms. The highest BCUT2D eigenvalue weighted by atomic mass is 79.9. The fraction of sp³-hybridized carbons (Fsp3) is 0.500. The topological polar surface area (TPSA) is 71.4 Å². The van der Waals surface area contributed by atoms with E-state index in [0.29, 0.717) is 0 Å². The Bertz CT molecular complexity index is 329. The van der Waals surface area contributed by atoms with Crippen LogP contribution < -0.4 is 0 Å². The van der Waals surface area contributed by atoms with E-state index in [0.717, 1.165) is 0 Å². The minimum absolute atomic E-state index is 0.0973. The number of carboxylic acids is 1. The van der Waals surface area contributed by atoms with Gasteiger partial charge in [-0.1, -0.05) is 6.08 Å². The first-order valence-corrected chi connectivity index (χ1v) is 5.68. The van der Waals surface area contributed by atoms with Crippen molar-refractivity contribution in [1.82, 2.24) is 0 Å². The van der Waals surface area contributed by atoms with Gasteiger partial charge in [0.2, 0.25) is 0 Å². The van der Waals surface area contributed by atoms with Crippen molar-refractivity contribution in [3.8, 4) is 0 Å². The maximum absolute atomic E-state index is 11.0. The lowest BCUT2D eigenvalue weighted by Crippen LogP contribution is -2.10. The van der Waals surface area contributed by atoms with Gasteiger partial charge in [0.15, 0.2) is 9.84 Å². The van der Waals surface area contributed by atoms with Gasteiger partial charge in [0.1, 0.15) is 3.81 Å². The van der Waals surface area contributed by atoms with Crippen molar-refractivity contribution in [2.45, 2.75) is 6.42 Å². The average molecular weight is 255 g/mol. The van der Waals surface area contributed by atoms with Gasteiger partial charge in [0.05, 0.1) is 12.2 Å². The predicted molar refractivity (Wildman–Crippen MR) is 46.5 cm³/mol. The summed E-state index contributed by atoms with van der Waals surface area (Å²) in [5.74, 6) is -1.46. The highest BCUT2D eigenvalue weighted by Gasteiger charge is 2.29. The Morgan fingerprint density at radius 3 is 2.67 bits per heavy atom. The minimum Gasteiger partial charge on any atom is -0.481 e. The van der Waals surface area contributed by atoms with Crippen molar-refractivity contribution in [2.75, 3.05) is 5.75 Å². The Labute approximate surface area is 78.3 Å². The molecule has 1 unspecified atom stereocenters. The highest BCUT2D eigenvalue weighted by Crippen LogP contribution is 2.29. The fourth-order valence-corrected chi connectivity index (χ4v) is 3.15. The summed E-state index contributed by atoms with van der Waals surface area (Å²) in [6.07, 6.45) is 1.30. The summed E-state index contributed by atoms with van der Waals surface area (Å²) >= 11 is 2.87. The number of hydrogen-bond acceptors (Lipinski definition) is 3. The van der Waals surface area contributed by atoms with E-state index in [1.54, 1.807) is 0 Å². The van der Waals surface area contributed by atoms with E-state index in [1.165, 1.54) is 6.08 Å². The van der Waals surface area contributed by atoms with Gasteiger partial charge in [-0.05, 0) is 15.9 Å². The zero-order chi connectivity index (χ0) is 9.35. The Balaban J connectivity index is 2.74. The van der Waals surface area contributed by atoms with E-state index in [2.05, 4.69) is 15.9 Å². The van der Waals surface area contributed by atoms with Crippen LogP contribution in [0.5, 0.6) is 0 Å². The second-order valence-corrected chi connectivity index (χ2v) is 5.99. The number of halogens is 1. The zero-order valence-corrected chi connectivity index (χ0v) is 8.43. The summed E-state index contributed by atoms with van der Waals surface area (Å²) < 4.78 is 22.2. The number of carboxylic acid groups (broad SMARTS) is 1. The van der Waals surface area contributed by atoms with Gasteiger partial charge in [-0.2, -0.15) is 0 Å². The molecule has 0 radical (unpaired) electrons. The van der Waals surface area contributed by atoms with Crippen LogP contribution >= 0.6 is 15.9 Å². The van der Waals surface area contributed by atoms with Crippen molar-refractivity contribution < 1.29 is 18.3 Å². The molecule has 0 amide bonds. The molecule has 6 heteroatoms. The van der Waals surface area contributed by atoms with Gasteiger partial charge in [0, 0.05) is 5.92 Å². The zero-order valence-electron chi connectivity index (χ0n) is 6.03. The Kier molecular flexibility index (Phi) is 2.58. The lowest BCUT2D eigenvalue weighted by atomic mass is 10.1. The third-order valence-electron chi connectivity index (χ3n) is 1.53. The van der Waals surface area contributed by atoms with E-state index in [1.807, 2.05) is 0 Å². The van der Waals surface area contributed by atoms with E-state index < -0.39 is 15.8 Å². The smallest absolute Gasteiger partial charge is 0.303 e. The number of hydrogen-bond donors (Lipinski definition) is 1. The molecule has 68 valence electrons. The maximum atomic E-state index is 11.0. The van der Waals surface area contributed by atoms with Crippen LogP contribution in [0.4, 0.5) is 0 Å². The monoisotopic (exact) mass is 254 g/mol. The van der Waals surface area contributed by atoms with E-state index >= 15 is 0 Å². The van der Waals surface area contributed by atoms with Crippen LogP contribution in [-0.4, -0.2) is 25.2 Å². The van der Waals surface area contributed by atoms with Gasteiger partial charge in [0.25, 0.3) is 0 Å². The third kappa shape index (κ3) is 2.07. The van der Waals surface area contributed by atoms with Crippen LogP contribution in [0.1, 0.15) is 6.42 Å². The van der Waals surface area contributed by atoms with Crippen LogP contribution in [0.15, 0.2) is 9.89 Å². The molecule has 1 rings (SSSR count). The number of allylic oxidation sites excluding steroid dienone is 1. The molecule has 0 saturated carbocycles. The summed E-state index contributed by atoms with van der Waals surface area (Å²) in [7, 11) is -3.21. The van der Waals surface area contributed by atoms with Crippen LogP contribution in [0, 0.1) is 5.92 Å². The number of carbonyl (C=O) groups is 1. The average Bonchev–Trinajstić information content (AvgIpc) is 2.04. The molecule has 0 aliphatic carbocycles. The first-order chi connectivity index (χ1) is 5.42. The number of sulfone groups is 1. The Morgan fingerprint density at radius 2 is 2.33 bits per heavy atom.